The maximum atomic E-state index is 9.17. The van der Waals surface area contributed by atoms with E-state index in [1.165, 1.54) is 16.7 Å². The van der Waals surface area contributed by atoms with Crippen LogP contribution in [0.3, 0.4) is 0 Å². The number of nitrogens with one attached hydrogen (secondary N) is 1. The fourth-order valence-electron chi connectivity index (χ4n) is 3.44. The fourth-order valence-corrected chi connectivity index (χ4v) is 3.44. The first kappa shape index (κ1) is 19.3. The first-order chi connectivity index (χ1) is 13.8. The minimum Gasteiger partial charge on any atom is -0.347 e. The molecule has 4 aromatic rings. The monoisotopic (exact) mass is 368 g/mol. The SMILES string of the molecule is CCC=O.c1ccc(C(c2ccccc2)(c2ccccc2)c2ncc[nH]2)cc1. The van der Waals surface area contributed by atoms with Crippen LogP contribution < -0.4 is 0 Å². The number of benzene rings is 3. The van der Waals surface area contributed by atoms with E-state index >= 15 is 0 Å². The third kappa shape index (κ3) is 3.79. The topological polar surface area (TPSA) is 45.8 Å². The molecule has 1 N–H and O–H groups in total. The largest absolute Gasteiger partial charge is 0.347 e. The molecule has 0 atom stereocenters. The number of hydrogen-bond donors (Lipinski definition) is 1. The van der Waals surface area contributed by atoms with E-state index in [1.54, 1.807) is 0 Å². The third-order valence-electron chi connectivity index (χ3n) is 4.64. The van der Waals surface area contributed by atoms with Crippen molar-refractivity contribution in [3.8, 4) is 0 Å². The van der Waals surface area contributed by atoms with E-state index < -0.39 is 5.41 Å². The summed E-state index contributed by atoms with van der Waals surface area (Å²) in [6.07, 6.45) is 5.22. The molecular formula is C25H24N2O. The second kappa shape index (κ2) is 9.47. The molecule has 0 bridgehead atoms. The molecule has 0 fully saturated rings. The van der Waals surface area contributed by atoms with E-state index in [-0.39, 0.29) is 0 Å². The summed E-state index contributed by atoms with van der Waals surface area (Å²) in [5.74, 6) is 0.922. The highest BCUT2D eigenvalue weighted by Crippen LogP contribution is 2.43. The molecule has 28 heavy (non-hydrogen) atoms. The van der Waals surface area contributed by atoms with Crippen LogP contribution in [0.25, 0.3) is 0 Å². The van der Waals surface area contributed by atoms with Crippen LogP contribution in [0.4, 0.5) is 0 Å². The fraction of sp³-hybridized carbons (Fsp3) is 0.120. The minimum absolute atomic E-state index is 0.465. The molecule has 1 aromatic heterocycles. The highest BCUT2D eigenvalue weighted by atomic mass is 16.1. The Bertz CT molecular complexity index is 853. The van der Waals surface area contributed by atoms with Crippen LogP contribution in [0, 0.1) is 0 Å². The van der Waals surface area contributed by atoms with Crippen molar-refractivity contribution in [3.05, 3.63) is 126 Å². The molecule has 0 saturated carbocycles. The molecule has 0 unspecified atom stereocenters. The Labute approximate surface area is 166 Å². The predicted molar refractivity (Wildman–Crippen MR) is 113 cm³/mol. The average Bonchev–Trinajstić information content (AvgIpc) is 3.32. The van der Waals surface area contributed by atoms with Gasteiger partial charge in [0, 0.05) is 18.8 Å². The van der Waals surface area contributed by atoms with Gasteiger partial charge >= 0.3 is 0 Å². The van der Waals surface area contributed by atoms with Crippen LogP contribution in [0.15, 0.2) is 103 Å². The molecule has 140 valence electrons. The number of imidazole rings is 1. The molecule has 3 heteroatoms. The number of aromatic nitrogens is 2. The molecule has 0 radical (unpaired) electrons. The van der Waals surface area contributed by atoms with Crippen LogP contribution >= 0.6 is 0 Å². The molecule has 0 spiro atoms. The Hall–Kier alpha value is -3.46. The third-order valence-corrected chi connectivity index (χ3v) is 4.64. The lowest BCUT2D eigenvalue weighted by molar-refractivity contribution is -0.107. The molecule has 1 heterocycles. The first-order valence-electron chi connectivity index (χ1n) is 9.44. The van der Waals surface area contributed by atoms with Gasteiger partial charge in [0.05, 0.1) is 0 Å². The Morgan fingerprint density at radius 1 is 0.786 bits per heavy atom. The van der Waals surface area contributed by atoms with E-state index in [4.69, 9.17) is 0 Å². The van der Waals surface area contributed by atoms with Gasteiger partial charge in [-0.1, -0.05) is 97.9 Å². The standard InChI is InChI=1S/C22H18N2.C3H6O/c1-4-10-18(11-5-1)22(21-23-16-17-24-21,19-12-6-2-7-13-19)20-14-8-3-9-15-20;1-2-3-4/h1-17H,(H,23,24);3H,2H2,1H3. The molecule has 0 amide bonds. The Balaban J connectivity index is 0.000000516. The van der Waals surface area contributed by atoms with E-state index in [2.05, 4.69) is 82.8 Å². The van der Waals surface area contributed by atoms with Crippen molar-refractivity contribution in [3.63, 3.8) is 0 Å². The zero-order chi connectivity index (χ0) is 19.7. The predicted octanol–water partition coefficient (Wildman–Crippen LogP) is 5.39. The Morgan fingerprint density at radius 2 is 1.18 bits per heavy atom. The van der Waals surface area contributed by atoms with Gasteiger partial charge in [0.1, 0.15) is 17.5 Å². The minimum atomic E-state index is -0.465. The Kier molecular flexibility index (Phi) is 6.53. The molecular weight excluding hydrogens is 344 g/mol. The van der Waals surface area contributed by atoms with Gasteiger partial charge in [-0.15, -0.1) is 0 Å². The van der Waals surface area contributed by atoms with Crippen LogP contribution in [0.2, 0.25) is 0 Å². The summed E-state index contributed by atoms with van der Waals surface area (Å²) in [6, 6.07) is 31.7. The van der Waals surface area contributed by atoms with Crippen molar-refractivity contribution < 1.29 is 4.79 Å². The second-order valence-corrected chi connectivity index (χ2v) is 6.36. The number of aldehydes is 1. The lowest BCUT2D eigenvalue weighted by Gasteiger charge is -2.34. The molecule has 0 aliphatic carbocycles. The summed E-state index contributed by atoms with van der Waals surface area (Å²) in [4.78, 5) is 17.2. The smallest absolute Gasteiger partial charge is 0.125 e. The van der Waals surface area contributed by atoms with Crippen molar-refractivity contribution in [2.45, 2.75) is 18.8 Å². The zero-order valence-electron chi connectivity index (χ0n) is 16.0. The van der Waals surface area contributed by atoms with E-state index in [0.29, 0.717) is 6.42 Å². The van der Waals surface area contributed by atoms with Crippen LogP contribution in [0.1, 0.15) is 35.9 Å². The van der Waals surface area contributed by atoms with Gasteiger partial charge in [0.15, 0.2) is 0 Å². The zero-order valence-corrected chi connectivity index (χ0v) is 16.0. The van der Waals surface area contributed by atoms with E-state index in [0.717, 1.165) is 12.1 Å². The highest BCUT2D eigenvalue weighted by Gasteiger charge is 2.40. The first-order valence-corrected chi connectivity index (χ1v) is 9.44. The quantitative estimate of drug-likeness (QED) is 0.379. The number of hydrogen-bond acceptors (Lipinski definition) is 2. The number of aromatic amines is 1. The summed E-state index contributed by atoms with van der Waals surface area (Å²) in [5.41, 5.74) is 3.11. The maximum Gasteiger partial charge on any atom is 0.125 e. The molecule has 0 aliphatic rings. The lowest BCUT2D eigenvalue weighted by Crippen LogP contribution is -2.32. The number of nitrogens with zero attached hydrogens (tertiary/aromatic N) is 1. The maximum absolute atomic E-state index is 9.17. The number of carbonyl (C=O) groups is 1. The van der Waals surface area contributed by atoms with Crippen molar-refractivity contribution in [1.82, 2.24) is 9.97 Å². The summed E-state index contributed by atoms with van der Waals surface area (Å²) < 4.78 is 0. The van der Waals surface area contributed by atoms with Crippen molar-refractivity contribution in [1.29, 1.82) is 0 Å². The second-order valence-electron chi connectivity index (χ2n) is 6.36. The van der Waals surface area contributed by atoms with Gasteiger partial charge in [-0.3, -0.25) is 0 Å². The van der Waals surface area contributed by atoms with Gasteiger partial charge in [-0.05, 0) is 16.7 Å². The average molecular weight is 368 g/mol. The number of H-pyrrole nitrogens is 1. The summed E-state index contributed by atoms with van der Waals surface area (Å²) >= 11 is 0. The van der Waals surface area contributed by atoms with Gasteiger partial charge in [0.25, 0.3) is 0 Å². The van der Waals surface area contributed by atoms with Gasteiger partial charge < -0.3 is 9.78 Å². The Morgan fingerprint density at radius 3 is 1.46 bits per heavy atom. The van der Waals surface area contributed by atoms with Gasteiger partial charge in [0.2, 0.25) is 0 Å². The summed E-state index contributed by atoms with van der Waals surface area (Å²) in [6.45, 7) is 1.81. The molecule has 0 saturated heterocycles. The van der Waals surface area contributed by atoms with Gasteiger partial charge in [-0.2, -0.15) is 0 Å². The summed E-state index contributed by atoms with van der Waals surface area (Å²) in [7, 11) is 0. The van der Waals surface area contributed by atoms with Crippen molar-refractivity contribution in [2.24, 2.45) is 0 Å². The van der Waals surface area contributed by atoms with Gasteiger partial charge in [-0.25, -0.2) is 4.98 Å². The molecule has 0 aliphatic heterocycles. The van der Waals surface area contributed by atoms with E-state index in [9.17, 15) is 4.79 Å². The highest BCUT2D eigenvalue weighted by molar-refractivity contribution is 5.56. The van der Waals surface area contributed by atoms with Crippen molar-refractivity contribution >= 4 is 6.29 Å². The lowest BCUT2D eigenvalue weighted by atomic mass is 9.69. The van der Waals surface area contributed by atoms with Crippen LogP contribution in [-0.2, 0) is 10.2 Å². The normalized spacial score (nSPS) is 10.6. The number of carbonyl (C=O) groups excluding carboxylic acids is 1. The van der Waals surface area contributed by atoms with Crippen molar-refractivity contribution in [2.75, 3.05) is 0 Å². The van der Waals surface area contributed by atoms with E-state index in [1.807, 2.05) is 37.5 Å². The molecule has 3 nitrogen and oxygen atoms in total. The summed E-state index contributed by atoms with van der Waals surface area (Å²) in [5, 5.41) is 0. The van der Waals surface area contributed by atoms with Crippen LogP contribution in [0.5, 0.6) is 0 Å². The molecule has 3 aromatic carbocycles. The molecule has 4 rings (SSSR count). The number of rotatable bonds is 5. The van der Waals surface area contributed by atoms with Crippen LogP contribution in [-0.4, -0.2) is 16.3 Å².